The van der Waals surface area contributed by atoms with E-state index in [4.69, 9.17) is 21.1 Å². The molecular formula is C19H15ClF3NO3S. The smallest absolute Gasteiger partial charge is 0.433 e. The number of alkyl halides is 3. The molecule has 0 radical (unpaired) electrons. The molecule has 0 aliphatic carbocycles. The number of pyridine rings is 1. The summed E-state index contributed by atoms with van der Waals surface area (Å²) in [5, 5.41) is 2.57. The molecule has 0 aliphatic rings. The predicted molar refractivity (Wildman–Crippen MR) is 101 cm³/mol. The normalized spacial score (nSPS) is 11.6. The second-order valence-corrected chi connectivity index (χ2v) is 7.10. The van der Waals surface area contributed by atoms with Gasteiger partial charge in [-0.05, 0) is 47.5 Å². The molecule has 1 aromatic carbocycles. The largest absolute Gasteiger partial charge is 0.489 e. The highest BCUT2D eigenvalue weighted by Crippen LogP contribution is 2.32. The Kier molecular flexibility index (Phi) is 6.10. The van der Waals surface area contributed by atoms with Crippen molar-refractivity contribution in [2.75, 3.05) is 6.61 Å². The van der Waals surface area contributed by atoms with Crippen molar-refractivity contribution in [1.29, 1.82) is 0 Å². The molecule has 0 fully saturated rings. The molecule has 0 amide bonds. The molecule has 0 aliphatic heterocycles. The van der Waals surface area contributed by atoms with Gasteiger partial charge >= 0.3 is 12.1 Å². The Morgan fingerprint density at radius 2 is 2.00 bits per heavy atom. The summed E-state index contributed by atoms with van der Waals surface area (Å²) >= 11 is 7.31. The summed E-state index contributed by atoms with van der Waals surface area (Å²) < 4.78 is 49.5. The Balaban J connectivity index is 1.71. The van der Waals surface area contributed by atoms with Crippen LogP contribution in [0.2, 0.25) is 5.15 Å². The molecule has 3 aromatic rings. The molecule has 0 spiro atoms. The highest BCUT2D eigenvalue weighted by molar-refractivity contribution is 7.17. The van der Waals surface area contributed by atoms with Crippen LogP contribution in [0.3, 0.4) is 0 Å². The van der Waals surface area contributed by atoms with E-state index in [0.717, 1.165) is 21.7 Å². The summed E-state index contributed by atoms with van der Waals surface area (Å²) in [6.07, 6.45) is -4.35. The number of halogens is 4. The Morgan fingerprint density at radius 3 is 2.68 bits per heavy atom. The molecule has 2 heterocycles. The molecule has 0 atom stereocenters. The molecule has 0 saturated carbocycles. The van der Waals surface area contributed by atoms with Gasteiger partial charge in [-0.15, -0.1) is 11.3 Å². The minimum Gasteiger partial charge on any atom is -0.489 e. The van der Waals surface area contributed by atoms with Crippen molar-refractivity contribution in [2.24, 2.45) is 0 Å². The SMILES string of the molecule is CCOC(=O)Cc1csc2cc(OCc3ccc(C(F)(F)F)nc3Cl)ccc12. The number of hydrogen-bond donors (Lipinski definition) is 0. The summed E-state index contributed by atoms with van der Waals surface area (Å²) in [7, 11) is 0. The fourth-order valence-corrected chi connectivity index (χ4v) is 3.75. The lowest BCUT2D eigenvalue weighted by Crippen LogP contribution is -2.09. The maximum Gasteiger partial charge on any atom is 0.433 e. The number of ether oxygens (including phenoxy) is 2. The third-order valence-electron chi connectivity index (χ3n) is 3.88. The topological polar surface area (TPSA) is 48.4 Å². The first kappa shape index (κ1) is 20.4. The van der Waals surface area contributed by atoms with Crippen LogP contribution in [-0.4, -0.2) is 17.6 Å². The van der Waals surface area contributed by atoms with Crippen molar-refractivity contribution in [3.63, 3.8) is 0 Å². The molecule has 0 unspecified atom stereocenters. The first-order chi connectivity index (χ1) is 13.3. The van der Waals surface area contributed by atoms with E-state index in [1.807, 2.05) is 11.4 Å². The number of esters is 1. The number of nitrogens with zero attached hydrogens (tertiary/aromatic N) is 1. The van der Waals surface area contributed by atoms with Crippen molar-refractivity contribution in [1.82, 2.24) is 4.98 Å². The van der Waals surface area contributed by atoms with Gasteiger partial charge in [-0.1, -0.05) is 17.7 Å². The zero-order chi connectivity index (χ0) is 20.3. The van der Waals surface area contributed by atoms with Crippen LogP contribution >= 0.6 is 22.9 Å². The van der Waals surface area contributed by atoms with E-state index in [-0.39, 0.29) is 24.2 Å². The van der Waals surface area contributed by atoms with Gasteiger partial charge < -0.3 is 9.47 Å². The number of hydrogen-bond acceptors (Lipinski definition) is 5. The summed E-state index contributed by atoms with van der Waals surface area (Å²) in [4.78, 5) is 15.0. The number of fused-ring (bicyclic) bond motifs is 1. The third kappa shape index (κ3) is 4.74. The summed E-state index contributed by atoms with van der Waals surface area (Å²) in [6, 6.07) is 7.49. The molecule has 0 bridgehead atoms. The number of benzene rings is 1. The second kappa shape index (κ2) is 8.36. The van der Waals surface area contributed by atoms with Crippen LogP contribution in [0.15, 0.2) is 35.7 Å². The number of thiophene rings is 1. The molecule has 3 rings (SSSR count). The average Bonchev–Trinajstić information content (AvgIpc) is 3.02. The van der Waals surface area contributed by atoms with Gasteiger partial charge in [0.2, 0.25) is 0 Å². The zero-order valence-corrected chi connectivity index (χ0v) is 16.2. The van der Waals surface area contributed by atoms with E-state index in [9.17, 15) is 18.0 Å². The van der Waals surface area contributed by atoms with Gasteiger partial charge in [-0.3, -0.25) is 4.79 Å². The third-order valence-corrected chi connectivity index (χ3v) is 5.20. The number of rotatable bonds is 6. The van der Waals surface area contributed by atoms with Crippen molar-refractivity contribution in [3.05, 3.63) is 57.7 Å². The fraction of sp³-hybridized carbons (Fsp3) is 0.263. The van der Waals surface area contributed by atoms with E-state index >= 15 is 0 Å². The first-order valence-electron chi connectivity index (χ1n) is 8.29. The number of aromatic nitrogens is 1. The van der Waals surface area contributed by atoms with Gasteiger partial charge in [0, 0.05) is 10.3 Å². The maximum absolute atomic E-state index is 12.6. The van der Waals surface area contributed by atoms with Crippen LogP contribution in [0.5, 0.6) is 5.75 Å². The van der Waals surface area contributed by atoms with Gasteiger partial charge in [0.25, 0.3) is 0 Å². The van der Waals surface area contributed by atoms with Gasteiger partial charge in [0.15, 0.2) is 0 Å². The van der Waals surface area contributed by atoms with E-state index in [2.05, 4.69) is 4.98 Å². The molecular weight excluding hydrogens is 415 g/mol. The van der Waals surface area contributed by atoms with Crippen LogP contribution in [0, 0.1) is 0 Å². The van der Waals surface area contributed by atoms with Crippen LogP contribution < -0.4 is 4.74 Å². The minimum absolute atomic E-state index is 0.0173. The van der Waals surface area contributed by atoms with Crippen LogP contribution in [0.4, 0.5) is 13.2 Å². The molecule has 0 N–H and O–H groups in total. The molecule has 4 nitrogen and oxygen atoms in total. The second-order valence-electron chi connectivity index (χ2n) is 5.83. The summed E-state index contributed by atoms with van der Waals surface area (Å²) in [5.41, 5.74) is 0.180. The highest BCUT2D eigenvalue weighted by Gasteiger charge is 2.32. The Hall–Kier alpha value is -2.32. The van der Waals surface area contributed by atoms with Crippen molar-refractivity contribution in [2.45, 2.75) is 26.1 Å². The number of carbonyl (C=O) groups is 1. The van der Waals surface area contributed by atoms with E-state index in [1.165, 1.54) is 17.4 Å². The van der Waals surface area contributed by atoms with Crippen LogP contribution in [-0.2, 0) is 28.7 Å². The molecule has 28 heavy (non-hydrogen) atoms. The summed E-state index contributed by atoms with van der Waals surface area (Å²) in [6.45, 7) is 2.07. The highest BCUT2D eigenvalue weighted by atomic mass is 35.5. The molecule has 9 heteroatoms. The predicted octanol–water partition coefficient (Wildman–Crippen LogP) is 5.65. The summed E-state index contributed by atoms with van der Waals surface area (Å²) in [5.74, 6) is 0.250. The number of carbonyl (C=O) groups excluding carboxylic acids is 1. The van der Waals surface area contributed by atoms with Gasteiger partial charge in [0.05, 0.1) is 13.0 Å². The molecule has 2 aromatic heterocycles. The van der Waals surface area contributed by atoms with Gasteiger partial charge in [-0.2, -0.15) is 13.2 Å². The molecule has 0 saturated heterocycles. The van der Waals surface area contributed by atoms with E-state index in [1.54, 1.807) is 19.1 Å². The fourth-order valence-electron chi connectivity index (χ4n) is 2.55. The Bertz CT molecular complexity index is 1000. The lowest BCUT2D eigenvalue weighted by atomic mass is 10.1. The standard InChI is InChI=1S/C19H15ClF3NO3S/c1-2-26-17(25)7-12-10-28-15-8-13(4-5-14(12)15)27-9-11-3-6-16(19(21,22)23)24-18(11)20/h3-6,8,10H,2,7,9H2,1H3. The van der Waals surface area contributed by atoms with Crippen molar-refractivity contribution >= 4 is 39.0 Å². The van der Waals surface area contributed by atoms with Gasteiger partial charge in [0.1, 0.15) is 23.2 Å². The van der Waals surface area contributed by atoms with Crippen LogP contribution in [0.25, 0.3) is 10.1 Å². The van der Waals surface area contributed by atoms with Gasteiger partial charge in [-0.25, -0.2) is 4.98 Å². The van der Waals surface area contributed by atoms with E-state index in [0.29, 0.717) is 17.9 Å². The monoisotopic (exact) mass is 429 g/mol. The lowest BCUT2D eigenvalue weighted by Gasteiger charge is -2.10. The molecule has 148 valence electrons. The lowest BCUT2D eigenvalue weighted by molar-refractivity contribution is -0.142. The zero-order valence-electron chi connectivity index (χ0n) is 14.7. The average molecular weight is 430 g/mol. The van der Waals surface area contributed by atoms with E-state index < -0.39 is 11.9 Å². The quantitative estimate of drug-likeness (QED) is 0.375. The Morgan fingerprint density at radius 1 is 1.21 bits per heavy atom. The van der Waals surface area contributed by atoms with Crippen molar-refractivity contribution < 1.29 is 27.4 Å². The maximum atomic E-state index is 12.6. The first-order valence-corrected chi connectivity index (χ1v) is 9.55. The Labute approximate surface area is 167 Å². The van der Waals surface area contributed by atoms with Crippen LogP contribution in [0.1, 0.15) is 23.7 Å². The minimum atomic E-state index is -4.55. The van der Waals surface area contributed by atoms with Crippen molar-refractivity contribution in [3.8, 4) is 5.75 Å².